The first kappa shape index (κ1) is 33.2. The smallest absolute Gasteiger partial charge is 0.159 e. The van der Waals surface area contributed by atoms with Gasteiger partial charge in [-0.25, -0.2) is 0 Å². The number of fused-ring (bicyclic) bond motifs is 9. The van der Waals surface area contributed by atoms with E-state index in [1.807, 2.05) is 22.7 Å². The molecule has 0 atom stereocenters. The largest absolute Gasteiger partial charge is 0.454 e. The highest BCUT2D eigenvalue weighted by Gasteiger charge is 2.24. The summed E-state index contributed by atoms with van der Waals surface area (Å²) in [6.45, 7) is 0. The minimum Gasteiger partial charge on any atom is -0.454 e. The molecule has 3 heterocycles. The van der Waals surface area contributed by atoms with Crippen LogP contribution in [0, 0.1) is 0 Å². The van der Waals surface area contributed by atoms with E-state index in [9.17, 15) is 0 Å². The van der Waals surface area contributed by atoms with Crippen LogP contribution in [0.4, 0.5) is 17.1 Å². The average Bonchev–Trinajstić information content (AvgIpc) is 3.99. The highest BCUT2D eigenvalue weighted by atomic mass is 32.1. The minimum absolute atomic E-state index is 0.864. The summed E-state index contributed by atoms with van der Waals surface area (Å²) >= 11 is 3.73. The second-order valence-corrected chi connectivity index (χ2v) is 16.9. The molecule has 3 aromatic heterocycles. The van der Waals surface area contributed by atoms with Crippen LogP contribution < -0.4 is 4.90 Å². The molecule has 9 aromatic carbocycles. The van der Waals surface area contributed by atoms with Gasteiger partial charge in [0.05, 0.1) is 16.1 Å². The van der Waals surface area contributed by atoms with Gasteiger partial charge < -0.3 is 9.32 Å². The third-order valence-electron chi connectivity index (χ3n) is 11.5. The van der Waals surface area contributed by atoms with Crippen molar-refractivity contribution in [3.05, 3.63) is 200 Å². The first-order valence-electron chi connectivity index (χ1n) is 19.6. The molecule has 12 rings (SSSR count). The lowest BCUT2D eigenvalue weighted by molar-refractivity contribution is 0.669. The molecule has 0 unspecified atom stereocenters. The van der Waals surface area contributed by atoms with Crippen molar-refractivity contribution in [1.82, 2.24) is 0 Å². The maximum Gasteiger partial charge on any atom is 0.159 e. The number of rotatable bonds is 6. The molecule has 0 aliphatic rings. The van der Waals surface area contributed by atoms with E-state index in [2.05, 4.69) is 205 Å². The first-order chi connectivity index (χ1) is 28.8. The molecule has 272 valence electrons. The normalized spacial score (nSPS) is 11.8. The number of nitrogens with zero attached hydrogens (tertiary/aromatic N) is 1. The molecule has 0 fully saturated rings. The van der Waals surface area contributed by atoms with Crippen LogP contribution in [-0.4, -0.2) is 0 Å². The Kier molecular flexibility index (Phi) is 7.62. The Bertz CT molecular complexity index is 3490. The molecule has 0 N–H and O–H groups in total. The molecule has 0 aliphatic carbocycles. The SMILES string of the molecule is c1ccc(-c2cccc3c2sc2c(N(c4ccc(-c5ccc6sc7ccccc7c6c5)cc4)c4cccc5c4oc4cccc(-c6ccccc6)c45)cccc23)cc1. The van der Waals surface area contributed by atoms with Crippen LogP contribution >= 0.6 is 22.7 Å². The minimum atomic E-state index is 0.864. The fourth-order valence-corrected chi connectivity index (χ4v) is 11.2. The lowest BCUT2D eigenvalue weighted by atomic mass is 9.99. The molecule has 0 saturated carbocycles. The van der Waals surface area contributed by atoms with Crippen molar-refractivity contribution in [2.75, 3.05) is 4.90 Å². The van der Waals surface area contributed by atoms with Crippen LogP contribution in [0.25, 0.3) is 95.7 Å². The van der Waals surface area contributed by atoms with Gasteiger partial charge >= 0.3 is 0 Å². The number of hydrogen-bond donors (Lipinski definition) is 0. The molecule has 4 heteroatoms. The number of furan rings is 1. The van der Waals surface area contributed by atoms with E-state index in [4.69, 9.17) is 4.42 Å². The molecule has 0 saturated heterocycles. The summed E-state index contributed by atoms with van der Waals surface area (Å²) < 4.78 is 12.1. The maximum atomic E-state index is 6.94. The summed E-state index contributed by atoms with van der Waals surface area (Å²) in [5, 5.41) is 7.36. The number of para-hydroxylation sites is 1. The second kappa shape index (κ2) is 13.3. The summed E-state index contributed by atoms with van der Waals surface area (Å²) in [6, 6.07) is 72.4. The van der Waals surface area contributed by atoms with E-state index in [0.29, 0.717) is 0 Å². The lowest BCUT2D eigenvalue weighted by Crippen LogP contribution is -2.10. The van der Waals surface area contributed by atoms with Gasteiger partial charge in [-0.1, -0.05) is 152 Å². The van der Waals surface area contributed by atoms with Crippen LogP contribution in [0.15, 0.2) is 205 Å². The monoisotopic (exact) mass is 775 g/mol. The Morgan fingerprint density at radius 2 is 0.966 bits per heavy atom. The van der Waals surface area contributed by atoms with Gasteiger partial charge in [-0.15, -0.1) is 22.7 Å². The Balaban J connectivity index is 1.08. The molecule has 0 amide bonds. The fourth-order valence-electron chi connectivity index (χ4n) is 8.81. The Labute approximate surface area is 343 Å². The van der Waals surface area contributed by atoms with Gasteiger partial charge in [-0.3, -0.25) is 0 Å². The van der Waals surface area contributed by atoms with Crippen LogP contribution in [0.3, 0.4) is 0 Å². The van der Waals surface area contributed by atoms with Gasteiger partial charge in [0.1, 0.15) is 5.58 Å². The van der Waals surface area contributed by atoms with Crippen molar-refractivity contribution in [2.24, 2.45) is 0 Å². The van der Waals surface area contributed by atoms with Gasteiger partial charge in [0, 0.05) is 52.1 Å². The molecular weight excluding hydrogens is 743 g/mol. The lowest BCUT2D eigenvalue weighted by Gasteiger charge is -2.26. The van der Waals surface area contributed by atoms with E-state index in [1.54, 1.807) is 0 Å². The van der Waals surface area contributed by atoms with E-state index in [-0.39, 0.29) is 0 Å². The molecule has 2 nitrogen and oxygen atoms in total. The standard InChI is InChI=1S/C54H33NOS2/c1-3-13-35(14-4-1)39-18-12-25-48-51(39)44-22-11-23-46(52(44)56-48)55(38-30-27-34(28-31-38)37-29-32-50-45(33-37)41-17-7-8-26-49(41)57-50)47-24-10-21-43-42-20-9-19-40(53(42)58-54(43)47)36-15-5-2-6-16-36/h1-33H. The van der Waals surface area contributed by atoms with Crippen molar-refractivity contribution in [3.8, 4) is 33.4 Å². The Hall–Kier alpha value is -6.98. The van der Waals surface area contributed by atoms with Crippen molar-refractivity contribution < 1.29 is 4.42 Å². The van der Waals surface area contributed by atoms with E-state index >= 15 is 0 Å². The third kappa shape index (κ3) is 5.23. The Morgan fingerprint density at radius 3 is 1.78 bits per heavy atom. The Morgan fingerprint density at radius 1 is 0.362 bits per heavy atom. The molecule has 0 bridgehead atoms. The van der Waals surface area contributed by atoms with E-state index in [0.717, 1.165) is 39.0 Å². The van der Waals surface area contributed by atoms with E-state index < -0.39 is 0 Å². The van der Waals surface area contributed by atoms with Crippen molar-refractivity contribution in [3.63, 3.8) is 0 Å². The number of benzene rings is 9. The first-order valence-corrected chi connectivity index (χ1v) is 21.2. The van der Waals surface area contributed by atoms with Crippen molar-refractivity contribution in [2.45, 2.75) is 0 Å². The van der Waals surface area contributed by atoms with Gasteiger partial charge in [0.25, 0.3) is 0 Å². The summed E-state index contributed by atoms with van der Waals surface area (Å²) in [6.07, 6.45) is 0. The molecule has 0 radical (unpaired) electrons. The molecule has 0 spiro atoms. The van der Waals surface area contributed by atoms with Crippen LogP contribution in [0.2, 0.25) is 0 Å². The maximum absolute atomic E-state index is 6.94. The highest BCUT2D eigenvalue weighted by Crippen LogP contribution is 2.50. The fraction of sp³-hybridized carbons (Fsp3) is 0. The topological polar surface area (TPSA) is 16.4 Å². The summed E-state index contributed by atoms with van der Waals surface area (Å²) in [4.78, 5) is 2.41. The summed E-state index contributed by atoms with van der Waals surface area (Å²) in [5.74, 6) is 0. The number of thiophene rings is 2. The van der Waals surface area contributed by atoms with Gasteiger partial charge in [-0.05, 0) is 81.9 Å². The van der Waals surface area contributed by atoms with Gasteiger partial charge in [-0.2, -0.15) is 0 Å². The summed E-state index contributed by atoms with van der Waals surface area (Å²) in [7, 11) is 0. The number of anilines is 3. The van der Waals surface area contributed by atoms with Crippen LogP contribution in [-0.2, 0) is 0 Å². The van der Waals surface area contributed by atoms with Crippen LogP contribution in [0.5, 0.6) is 0 Å². The van der Waals surface area contributed by atoms with E-state index in [1.165, 1.54) is 73.7 Å². The predicted molar refractivity (Wildman–Crippen MR) is 250 cm³/mol. The summed E-state index contributed by atoms with van der Waals surface area (Å²) in [5.41, 5.74) is 12.1. The predicted octanol–water partition coefficient (Wildman–Crippen LogP) is 16.8. The zero-order valence-corrected chi connectivity index (χ0v) is 32.9. The zero-order valence-electron chi connectivity index (χ0n) is 31.2. The molecular formula is C54H33NOS2. The molecule has 0 aliphatic heterocycles. The van der Waals surface area contributed by atoms with Crippen molar-refractivity contribution >= 4 is 102 Å². The molecule has 12 aromatic rings. The highest BCUT2D eigenvalue weighted by molar-refractivity contribution is 7.27. The zero-order chi connectivity index (χ0) is 38.2. The number of hydrogen-bond acceptors (Lipinski definition) is 4. The quantitative estimate of drug-likeness (QED) is 0.167. The van der Waals surface area contributed by atoms with Crippen molar-refractivity contribution in [1.29, 1.82) is 0 Å². The third-order valence-corrected chi connectivity index (χ3v) is 13.9. The average molecular weight is 776 g/mol. The second-order valence-electron chi connectivity index (χ2n) is 14.8. The molecule has 58 heavy (non-hydrogen) atoms. The van der Waals surface area contributed by atoms with Crippen LogP contribution in [0.1, 0.15) is 0 Å². The van der Waals surface area contributed by atoms with Gasteiger partial charge in [0.2, 0.25) is 0 Å². The van der Waals surface area contributed by atoms with Gasteiger partial charge in [0.15, 0.2) is 5.58 Å².